The third-order valence-corrected chi connectivity index (χ3v) is 3.86. The summed E-state index contributed by atoms with van der Waals surface area (Å²) < 4.78 is 0. The zero-order valence-electron chi connectivity index (χ0n) is 13.5. The minimum atomic E-state index is -0.468. The van der Waals surface area contributed by atoms with Crippen LogP contribution in [0.2, 0.25) is 5.02 Å². The monoisotopic (exact) mass is 347 g/mol. The first kappa shape index (κ1) is 17.7. The summed E-state index contributed by atoms with van der Waals surface area (Å²) in [6.07, 6.45) is 0. The van der Waals surface area contributed by atoms with E-state index in [-0.39, 0.29) is 11.3 Å². The second kappa shape index (κ2) is 7.79. The van der Waals surface area contributed by atoms with Crippen LogP contribution in [0, 0.1) is 10.1 Å². The van der Waals surface area contributed by atoms with Gasteiger partial charge in [0.25, 0.3) is 11.6 Å². The van der Waals surface area contributed by atoms with Gasteiger partial charge in [-0.15, -0.1) is 0 Å². The van der Waals surface area contributed by atoms with Crippen LogP contribution in [0.3, 0.4) is 0 Å². The summed E-state index contributed by atoms with van der Waals surface area (Å²) in [5, 5.41) is 14.5. The molecule has 0 bridgehead atoms. The number of anilines is 2. The van der Waals surface area contributed by atoms with E-state index in [9.17, 15) is 14.9 Å². The Labute approximate surface area is 145 Å². The number of nitro benzene ring substituents is 1. The average molecular weight is 348 g/mol. The molecule has 2 aromatic carbocycles. The summed E-state index contributed by atoms with van der Waals surface area (Å²) >= 11 is 5.88. The van der Waals surface area contributed by atoms with Crippen LogP contribution in [0.15, 0.2) is 42.5 Å². The van der Waals surface area contributed by atoms with Crippen molar-refractivity contribution in [2.45, 2.75) is 13.8 Å². The molecule has 0 atom stereocenters. The lowest BCUT2D eigenvalue weighted by atomic mass is 10.1. The fraction of sp³-hybridized carbons (Fsp3) is 0.235. The Morgan fingerprint density at radius 2 is 1.92 bits per heavy atom. The highest BCUT2D eigenvalue weighted by atomic mass is 35.5. The van der Waals surface area contributed by atoms with Gasteiger partial charge in [0.05, 0.1) is 4.92 Å². The van der Waals surface area contributed by atoms with Crippen LogP contribution in [0.4, 0.5) is 17.1 Å². The first-order valence-corrected chi connectivity index (χ1v) is 7.94. The molecule has 1 amide bonds. The van der Waals surface area contributed by atoms with Gasteiger partial charge < -0.3 is 10.2 Å². The van der Waals surface area contributed by atoms with Crippen molar-refractivity contribution in [3.63, 3.8) is 0 Å². The number of carbonyl (C=O) groups excluding carboxylic acids is 1. The molecule has 0 heterocycles. The van der Waals surface area contributed by atoms with E-state index in [0.29, 0.717) is 29.5 Å². The van der Waals surface area contributed by atoms with Crippen LogP contribution < -0.4 is 10.2 Å². The lowest BCUT2D eigenvalue weighted by Crippen LogP contribution is -2.23. The molecule has 0 aliphatic heterocycles. The third-order valence-electron chi connectivity index (χ3n) is 3.62. The van der Waals surface area contributed by atoms with E-state index in [1.165, 1.54) is 6.07 Å². The SMILES string of the molecule is CCN(CC)c1ccc(C(=O)Nc2cccc(Cl)c2)cc1[N+](=O)[O-]. The molecule has 2 rings (SSSR count). The van der Waals surface area contributed by atoms with Crippen molar-refractivity contribution in [3.05, 3.63) is 63.2 Å². The maximum Gasteiger partial charge on any atom is 0.293 e. The van der Waals surface area contributed by atoms with Gasteiger partial charge in [-0.1, -0.05) is 17.7 Å². The van der Waals surface area contributed by atoms with Gasteiger partial charge in [0.15, 0.2) is 0 Å². The highest BCUT2D eigenvalue weighted by Crippen LogP contribution is 2.29. The molecule has 1 N–H and O–H groups in total. The minimum Gasteiger partial charge on any atom is -0.367 e. The number of nitrogens with zero attached hydrogens (tertiary/aromatic N) is 2. The predicted octanol–water partition coefficient (Wildman–Crippen LogP) is 4.35. The van der Waals surface area contributed by atoms with Crippen LogP contribution in [-0.4, -0.2) is 23.9 Å². The van der Waals surface area contributed by atoms with Crippen molar-refractivity contribution in [1.29, 1.82) is 0 Å². The van der Waals surface area contributed by atoms with E-state index in [1.807, 2.05) is 18.7 Å². The molecule has 0 saturated heterocycles. The highest BCUT2D eigenvalue weighted by Gasteiger charge is 2.20. The lowest BCUT2D eigenvalue weighted by molar-refractivity contribution is -0.384. The zero-order chi connectivity index (χ0) is 17.7. The number of nitrogens with one attached hydrogen (secondary N) is 1. The predicted molar refractivity (Wildman–Crippen MR) is 96.1 cm³/mol. The van der Waals surface area contributed by atoms with Gasteiger partial charge >= 0.3 is 0 Å². The molecule has 6 nitrogen and oxygen atoms in total. The number of amides is 1. The Bertz CT molecular complexity index is 760. The molecule has 0 unspecified atom stereocenters. The smallest absolute Gasteiger partial charge is 0.293 e. The standard InChI is InChI=1S/C17H18ClN3O3/c1-3-20(4-2)15-9-8-12(10-16(15)21(23)24)17(22)19-14-7-5-6-13(18)11-14/h5-11H,3-4H2,1-2H3,(H,19,22). The van der Waals surface area contributed by atoms with Gasteiger partial charge in [-0.25, -0.2) is 0 Å². The van der Waals surface area contributed by atoms with E-state index in [1.54, 1.807) is 36.4 Å². The number of hydrogen-bond acceptors (Lipinski definition) is 4. The van der Waals surface area contributed by atoms with Gasteiger partial charge in [-0.05, 0) is 44.2 Å². The fourth-order valence-corrected chi connectivity index (χ4v) is 2.60. The van der Waals surface area contributed by atoms with Crippen molar-refractivity contribution in [2.24, 2.45) is 0 Å². The summed E-state index contributed by atoms with van der Waals surface area (Å²) in [5.41, 5.74) is 1.17. The van der Waals surface area contributed by atoms with E-state index in [0.717, 1.165) is 0 Å². The molecule has 0 radical (unpaired) electrons. The summed E-state index contributed by atoms with van der Waals surface area (Å²) in [6, 6.07) is 11.2. The lowest BCUT2D eigenvalue weighted by Gasteiger charge is -2.21. The maximum atomic E-state index is 12.3. The van der Waals surface area contributed by atoms with Gasteiger partial charge in [0, 0.05) is 35.4 Å². The first-order valence-electron chi connectivity index (χ1n) is 7.56. The van der Waals surface area contributed by atoms with Crippen molar-refractivity contribution < 1.29 is 9.72 Å². The molecular weight excluding hydrogens is 330 g/mol. The number of benzene rings is 2. The summed E-state index contributed by atoms with van der Waals surface area (Å²) in [5.74, 6) is -0.425. The molecule has 0 saturated carbocycles. The molecule has 7 heteroatoms. The van der Waals surface area contributed by atoms with Gasteiger partial charge in [-0.3, -0.25) is 14.9 Å². The van der Waals surface area contributed by atoms with E-state index < -0.39 is 10.8 Å². The van der Waals surface area contributed by atoms with E-state index in [4.69, 9.17) is 11.6 Å². The number of nitro groups is 1. The Balaban J connectivity index is 2.32. The highest BCUT2D eigenvalue weighted by molar-refractivity contribution is 6.31. The average Bonchev–Trinajstić information content (AvgIpc) is 2.56. The van der Waals surface area contributed by atoms with Crippen LogP contribution >= 0.6 is 11.6 Å². The number of halogens is 1. The Kier molecular flexibility index (Phi) is 5.76. The Morgan fingerprint density at radius 1 is 1.21 bits per heavy atom. The van der Waals surface area contributed by atoms with Crippen molar-refractivity contribution in [2.75, 3.05) is 23.3 Å². The van der Waals surface area contributed by atoms with Crippen molar-refractivity contribution in [3.8, 4) is 0 Å². The van der Waals surface area contributed by atoms with E-state index >= 15 is 0 Å². The van der Waals surface area contributed by atoms with Gasteiger partial charge in [-0.2, -0.15) is 0 Å². The topological polar surface area (TPSA) is 75.5 Å². The van der Waals surface area contributed by atoms with Crippen LogP contribution in [0.25, 0.3) is 0 Å². The molecule has 0 aliphatic rings. The quantitative estimate of drug-likeness (QED) is 0.622. The van der Waals surface area contributed by atoms with Crippen LogP contribution in [-0.2, 0) is 0 Å². The fourth-order valence-electron chi connectivity index (χ4n) is 2.41. The molecule has 0 aliphatic carbocycles. The molecule has 2 aromatic rings. The number of rotatable bonds is 6. The Hall–Kier alpha value is -2.60. The summed E-state index contributed by atoms with van der Waals surface area (Å²) in [4.78, 5) is 25.1. The summed E-state index contributed by atoms with van der Waals surface area (Å²) in [7, 11) is 0. The maximum absolute atomic E-state index is 12.3. The molecule has 0 fully saturated rings. The second-order valence-corrected chi connectivity index (χ2v) is 5.53. The third kappa shape index (κ3) is 4.02. The number of hydrogen-bond donors (Lipinski definition) is 1. The largest absolute Gasteiger partial charge is 0.367 e. The first-order chi connectivity index (χ1) is 11.5. The van der Waals surface area contributed by atoms with Gasteiger partial charge in [0.1, 0.15) is 5.69 Å². The van der Waals surface area contributed by atoms with Crippen LogP contribution in [0.1, 0.15) is 24.2 Å². The summed E-state index contributed by atoms with van der Waals surface area (Å²) in [6.45, 7) is 5.14. The van der Waals surface area contributed by atoms with Crippen molar-refractivity contribution in [1.82, 2.24) is 0 Å². The molecule has 0 spiro atoms. The minimum absolute atomic E-state index is 0.0857. The number of carbonyl (C=O) groups is 1. The second-order valence-electron chi connectivity index (χ2n) is 5.10. The normalized spacial score (nSPS) is 10.3. The molecule has 0 aromatic heterocycles. The Morgan fingerprint density at radius 3 is 2.50 bits per heavy atom. The van der Waals surface area contributed by atoms with Crippen LogP contribution in [0.5, 0.6) is 0 Å². The molecule has 126 valence electrons. The van der Waals surface area contributed by atoms with Gasteiger partial charge in [0.2, 0.25) is 0 Å². The molecular formula is C17H18ClN3O3. The van der Waals surface area contributed by atoms with Crippen molar-refractivity contribution >= 4 is 34.6 Å². The molecule has 24 heavy (non-hydrogen) atoms. The zero-order valence-corrected chi connectivity index (χ0v) is 14.2. The van der Waals surface area contributed by atoms with E-state index in [2.05, 4.69) is 5.32 Å².